The van der Waals surface area contributed by atoms with Crippen molar-refractivity contribution in [3.05, 3.63) is 122 Å². The van der Waals surface area contributed by atoms with Crippen molar-refractivity contribution >= 4 is 19.7 Å². The average molecular weight is 1130 g/mol. The van der Waals surface area contributed by atoms with Gasteiger partial charge in [0, 0.05) is 12.8 Å². The molecular weight excluding hydrogens is 1010 g/mol. The zero-order valence-electron chi connectivity index (χ0n) is 52.3. The van der Waals surface area contributed by atoms with Crippen molar-refractivity contribution in [3.63, 3.8) is 0 Å². The molecule has 3 atom stereocenters. The largest absolute Gasteiger partial charge is 0.472 e. The van der Waals surface area contributed by atoms with Crippen molar-refractivity contribution in [2.24, 2.45) is 0 Å². The van der Waals surface area contributed by atoms with E-state index in [4.69, 9.17) is 13.8 Å². The minimum atomic E-state index is -4.47. The molecule has 0 aromatic carbocycles. The van der Waals surface area contributed by atoms with Gasteiger partial charge in [0.25, 0.3) is 0 Å². The van der Waals surface area contributed by atoms with E-state index in [2.05, 4.69) is 135 Å². The van der Waals surface area contributed by atoms with Gasteiger partial charge in [0.05, 0.1) is 33.8 Å². The topological polar surface area (TPSA) is 111 Å². The molecule has 0 saturated heterocycles. The molecule has 2 N–H and O–H groups in total. The lowest BCUT2D eigenvalue weighted by Crippen LogP contribution is -2.47. The van der Waals surface area contributed by atoms with E-state index in [1.807, 2.05) is 33.3 Å². The van der Waals surface area contributed by atoms with Crippen molar-refractivity contribution in [1.82, 2.24) is 5.32 Å². The SMILES string of the molecule is CC/C=C\C/C=C\C/C=C\C/C=C\C/C=C\CCCC(=O)OC(/C=C\CCCCCCCCCCCC)C(COP(=O)(O)OCC[N+](C)(C)C)NC(=O)CCCCCCCCCCC/C=C\C/C=C\C/C=C\C/C=C\CCCCC. The van der Waals surface area contributed by atoms with Crippen LogP contribution in [0.1, 0.15) is 258 Å². The van der Waals surface area contributed by atoms with Crippen LogP contribution in [0.5, 0.6) is 0 Å². The Morgan fingerprint density at radius 1 is 0.450 bits per heavy atom. The van der Waals surface area contributed by atoms with E-state index in [1.54, 1.807) is 0 Å². The smallest absolute Gasteiger partial charge is 0.456 e. The maximum Gasteiger partial charge on any atom is 0.472 e. The highest BCUT2D eigenvalue weighted by atomic mass is 31.2. The lowest BCUT2D eigenvalue weighted by atomic mass is 10.0. The molecule has 0 aliphatic carbocycles. The highest BCUT2D eigenvalue weighted by Crippen LogP contribution is 2.43. The molecule has 0 aliphatic heterocycles. The summed E-state index contributed by atoms with van der Waals surface area (Å²) in [6, 6.07) is -0.883. The maximum atomic E-state index is 13.6. The lowest BCUT2D eigenvalue weighted by Gasteiger charge is -2.27. The van der Waals surface area contributed by atoms with Gasteiger partial charge in [0.2, 0.25) is 5.91 Å². The summed E-state index contributed by atoms with van der Waals surface area (Å²) in [6.45, 7) is 6.82. The fraction of sp³-hybridized carbons (Fsp3) is 0.686. The zero-order valence-corrected chi connectivity index (χ0v) is 53.2. The van der Waals surface area contributed by atoms with Gasteiger partial charge in [-0.2, -0.15) is 0 Å². The number of ether oxygens (including phenoxy) is 1. The van der Waals surface area contributed by atoms with Crippen LogP contribution in [-0.2, 0) is 27.9 Å². The van der Waals surface area contributed by atoms with E-state index < -0.39 is 20.0 Å². The van der Waals surface area contributed by atoms with Crippen molar-refractivity contribution in [2.75, 3.05) is 40.9 Å². The summed E-state index contributed by atoms with van der Waals surface area (Å²) in [5, 5.41) is 3.04. The van der Waals surface area contributed by atoms with Gasteiger partial charge in [0.1, 0.15) is 19.3 Å². The second-order valence-corrected chi connectivity index (χ2v) is 24.0. The third kappa shape index (κ3) is 59.0. The molecule has 80 heavy (non-hydrogen) atoms. The summed E-state index contributed by atoms with van der Waals surface area (Å²) in [6.07, 6.45) is 82.1. The highest BCUT2D eigenvalue weighted by molar-refractivity contribution is 7.47. The number of carbonyl (C=O) groups excluding carboxylic acids is 2. The van der Waals surface area contributed by atoms with E-state index in [0.717, 1.165) is 109 Å². The van der Waals surface area contributed by atoms with Crippen LogP contribution in [0, 0.1) is 0 Å². The number of hydrogen-bond acceptors (Lipinski definition) is 6. The van der Waals surface area contributed by atoms with Gasteiger partial charge in [-0.15, -0.1) is 0 Å². The molecule has 458 valence electrons. The van der Waals surface area contributed by atoms with Gasteiger partial charge in [-0.3, -0.25) is 18.6 Å². The van der Waals surface area contributed by atoms with Crippen LogP contribution in [0.25, 0.3) is 0 Å². The van der Waals surface area contributed by atoms with Gasteiger partial charge in [-0.25, -0.2) is 4.57 Å². The van der Waals surface area contributed by atoms with Gasteiger partial charge in [-0.05, 0) is 115 Å². The average Bonchev–Trinajstić information content (AvgIpc) is 3.42. The van der Waals surface area contributed by atoms with Gasteiger partial charge >= 0.3 is 13.8 Å². The Kier molecular flexibility index (Phi) is 56.0. The molecular formula is C70H122N2O7P+. The first-order chi connectivity index (χ1) is 38.9. The number of phosphoric acid groups is 1. The van der Waals surface area contributed by atoms with E-state index >= 15 is 0 Å². The first-order valence-corrected chi connectivity index (χ1v) is 33.9. The minimum Gasteiger partial charge on any atom is -0.456 e. The van der Waals surface area contributed by atoms with E-state index in [0.29, 0.717) is 23.9 Å². The molecule has 0 rings (SSSR count). The molecule has 0 aromatic rings. The second kappa shape index (κ2) is 58.6. The molecule has 9 nitrogen and oxygen atoms in total. The number of rotatable bonds is 57. The minimum absolute atomic E-state index is 0.0239. The maximum absolute atomic E-state index is 13.6. The molecule has 0 radical (unpaired) electrons. The predicted molar refractivity (Wildman–Crippen MR) is 346 cm³/mol. The summed E-state index contributed by atoms with van der Waals surface area (Å²) in [5.41, 5.74) is 0. The third-order valence-electron chi connectivity index (χ3n) is 13.6. The second-order valence-electron chi connectivity index (χ2n) is 22.5. The number of allylic oxidation sites excluding steroid dienone is 19. The molecule has 0 aliphatic rings. The van der Waals surface area contributed by atoms with Crippen LogP contribution in [0.4, 0.5) is 0 Å². The third-order valence-corrected chi connectivity index (χ3v) is 14.6. The van der Waals surface area contributed by atoms with Gasteiger partial charge in [0.15, 0.2) is 0 Å². The number of unbranched alkanes of at least 4 members (excludes halogenated alkanes) is 23. The Morgan fingerprint density at radius 2 is 0.812 bits per heavy atom. The number of nitrogens with zero attached hydrogens (tertiary/aromatic N) is 1. The fourth-order valence-electron chi connectivity index (χ4n) is 8.66. The summed E-state index contributed by atoms with van der Waals surface area (Å²) >= 11 is 0. The summed E-state index contributed by atoms with van der Waals surface area (Å²) in [7, 11) is 1.45. The van der Waals surface area contributed by atoms with E-state index in [1.165, 1.54) is 109 Å². The number of likely N-dealkylation sites (N-methyl/N-ethyl adjacent to an activating group) is 1. The number of phosphoric ester groups is 1. The highest BCUT2D eigenvalue weighted by Gasteiger charge is 2.30. The van der Waals surface area contributed by atoms with Crippen molar-refractivity contribution in [3.8, 4) is 0 Å². The van der Waals surface area contributed by atoms with Crippen LogP contribution in [-0.4, -0.2) is 74.3 Å². The van der Waals surface area contributed by atoms with Gasteiger partial charge < -0.3 is 19.4 Å². The van der Waals surface area contributed by atoms with Crippen LogP contribution in [0.3, 0.4) is 0 Å². The monoisotopic (exact) mass is 1130 g/mol. The Hall–Kier alpha value is -3.59. The molecule has 0 bridgehead atoms. The van der Waals surface area contributed by atoms with E-state index in [9.17, 15) is 19.0 Å². The van der Waals surface area contributed by atoms with Crippen LogP contribution in [0.15, 0.2) is 122 Å². The molecule has 0 heterocycles. The number of quaternary nitrogens is 1. The number of amides is 1. The Morgan fingerprint density at radius 3 is 1.25 bits per heavy atom. The Bertz CT molecular complexity index is 1780. The van der Waals surface area contributed by atoms with Gasteiger partial charge in [-0.1, -0.05) is 252 Å². The summed E-state index contributed by atoms with van der Waals surface area (Å²) < 4.78 is 30.7. The quantitative estimate of drug-likeness (QED) is 0.0205. The van der Waals surface area contributed by atoms with Crippen molar-refractivity contribution < 1.29 is 37.3 Å². The molecule has 0 spiro atoms. The summed E-state index contributed by atoms with van der Waals surface area (Å²) in [5.74, 6) is -0.586. The standard InChI is InChI=1S/C70H121N2O7P/c1-7-10-13-16-19-22-25-28-30-32-33-34-35-36-37-38-39-41-42-44-47-50-53-56-59-62-69(73)71-67(66-78-80(75,76)77-65-64-72(4,5)6)68(61-58-55-52-49-46-27-24-21-18-15-12-9-3)79-70(74)63-60-57-54-51-48-45-43-40-31-29-26-23-20-17-14-11-8-2/h11,14,19-20,22-23,28-31,33-34,36-37,43,45,51,54,58,61,67-68H,7-10,12-13,15-18,21,24-27,32,35,38-42,44,46-50,52-53,55-57,59-60,62-66H2,1-6H3,(H-,71,73,75,76)/p+1/b14-11-,22-19-,23-20-,30-28-,31-29-,34-33-,37-36-,45-43-,54-51-,61-58-. The molecule has 1 amide bonds. The molecule has 3 unspecified atom stereocenters. The molecule has 0 saturated carbocycles. The molecule has 0 fully saturated rings. The molecule has 0 aromatic heterocycles. The predicted octanol–water partition coefficient (Wildman–Crippen LogP) is 20.3. The van der Waals surface area contributed by atoms with Crippen LogP contribution >= 0.6 is 7.82 Å². The lowest BCUT2D eigenvalue weighted by molar-refractivity contribution is -0.870. The first kappa shape index (κ1) is 76.4. The number of carbonyl (C=O) groups is 2. The number of hydrogen-bond donors (Lipinski definition) is 2. The fourth-order valence-corrected chi connectivity index (χ4v) is 9.40. The Balaban J connectivity index is 5.25. The first-order valence-electron chi connectivity index (χ1n) is 32.4. The zero-order chi connectivity index (χ0) is 58.6. The Labute approximate surface area is 493 Å². The van der Waals surface area contributed by atoms with E-state index in [-0.39, 0.29) is 31.5 Å². The number of esters is 1. The molecule has 10 heteroatoms. The van der Waals surface area contributed by atoms with Crippen LogP contribution < -0.4 is 5.32 Å². The normalized spacial score (nSPS) is 14.4. The van der Waals surface area contributed by atoms with Crippen LogP contribution in [0.2, 0.25) is 0 Å². The summed E-state index contributed by atoms with van der Waals surface area (Å²) in [4.78, 5) is 37.7. The number of nitrogens with one attached hydrogen (secondary N) is 1. The van der Waals surface area contributed by atoms with Crippen molar-refractivity contribution in [2.45, 2.75) is 270 Å². The van der Waals surface area contributed by atoms with Crippen molar-refractivity contribution in [1.29, 1.82) is 0 Å².